The van der Waals surface area contributed by atoms with E-state index in [1.165, 1.54) is 12.3 Å². The predicted molar refractivity (Wildman–Crippen MR) is 121 cm³/mol. The minimum atomic E-state index is -0.651. The van der Waals surface area contributed by atoms with Gasteiger partial charge in [-0.25, -0.2) is 0 Å². The number of aliphatic hydroxyl groups excluding tert-OH is 1. The molecule has 0 fully saturated rings. The Morgan fingerprint density at radius 1 is 1.10 bits per heavy atom. The van der Waals surface area contributed by atoms with Gasteiger partial charge in [0.25, 0.3) is 5.91 Å². The van der Waals surface area contributed by atoms with E-state index in [4.69, 9.17) is 0 Å². The Bertz CT molecular complexity index is 1140. The number of phenolic OH excluding ortho intramolecular Hbond substituents is 1. The molecule has 6 nitrogen and oxygen atoms in total. The SMILES string of the molecule is CC=c1[nH]cc(C(=O)Nc2cc(O)c(C(C)(C)CO)cc2C(C)(C)C)c(=O)/c1=C/C. The van der Waals surface area contributed by atoms with E-state index in [0.29, 0.717) is 21.8 Å². The highest BCUT2D eigenvalue weighted by atomic mass is 16.3. The largest absolute Gasteiger partial charge is 0.508 e. The molecule has 0 saturated carbocycles. The summed E-state index contributed by atoms with van der Waals surface area (Å²) in [7, 11) is 0. The molecule has 2 aromatic rings. The summed E-state index contributed by atoms with van der Waals surface area (Å²) in [5.41, 5.74) is 0.442. The van der Waals surface area contributed by atoms with Gasteiger partial charge in [-0.3, -0.25) is 9.59 Å². The van der Waals surface area contributed by atoms with Gasteiger partial charge in [0, 0.05) is 39.5 Å². The van der Waals surface area contributed by atoms with Crippen LogP contribution in [0.2, 0.25) is 0 Å². The molecule has 4 N–H and O–H groups in total. The minimum Gasteiger partial charge on any atom is -0.508 e. The fourth-order valence-corrected chi connectivity index (χ4v) is 3.38. The molecule has 30 heavy (non-hydrogen) atoms. The number of hydrogen-bond acceptors (Lipinski definition) is 4. The van der Waals surface area contributed by atoms with Crippen LogP contribution in [0.25, 0.3) is 12.2 Å². The van der Waals surface area contributed by atoms with Crippen molar-refractivity contribution in [3.8, 4) is 5.75 Å². The summed E-state index contributed by atoms with van der Waals surface area (Å²) in [6.45, 7) is 13.1. The van der Waals surface area contributed by atoms with Crippen LogP contribution in [0.5, 0.6) is 5.75 Å². The van der Waals surface area contributed by atoms with E-state index < -0.39 is 11.3 Å². The Balaban J connectivity index is 2.63. The molecule has 0 aliphatic heterocycles. The molecule has 0 radical (unpaired) electrons. The number of aromatic amines is 1. The monoisotopic (exact) mass is 412 g/mol. The number of aromatic nitrogens is 1. The third kappa shape index (κ3) is 4.49. The van der Waals surface area contributed by atoms with Crippen molar-refractivity contribution in [3.63, 3.8) is 0 Å². The molecule has 0 bridgehead atoms. The first-order valence-corrected chi connectivity index (χ1v) is 10.0. The Labute approximate surface area is 177 Å². The molecular formula is C24H32N2O4. The van der Waals surface area contributed by atoms with E-state index in [1.807, 2.05) is 47.6 Å². The molecule has 0 unspecified atom stereocenters. The maximum Gasteiger partial charge on any atom is 0.261 e. The zero-order chi connectivity index (χ0) is 22.9. The highest BCUT2D eigenvalue weighted by Crippen LogP contribution is 2.39. The standard InChI is InChI=1S/C24H32N2O4/c1-8-14-18(9-2)25-12-15(21(14)29)22(30)26-19-11-20(28)17(24(6,7)13-27)10-16(19)23(3,4)5/h8-12,25,27-28H,13H2,1-7H3,(H,26,30)/b14-8+,18-9?. The number of carbonyl (C=O) groups excluding carboxylic acids is 1. The smallest absolute Gasteiger partial charge is 0.261 e. The third-order valence-electron chi connectivity index (χ3n) is 5.29. The average molecular weight is 413 g/mol. The van der Waals surface area contributed by atoms with Gasteiger partial charge in [0.1, 0.15) is 11.3 Å². The van der Waals surface area contributed by atoms with Crippen LogP contribution in [0.3, 0.4) is 0 Å². The molecule has 0 aliphatic carbocycles. The van der Waals surface area contributed by atoms with Crippen LogP contribution in [0.1, 0.15) is 70.0 Å². The predicted octanol–water partition coefficient (Wildman–Crippen LogP) is 2.50. The highest BCUT2D eigenvalue weighted by Gasteiger charge is 2.28. The van der Waals surface area contributed by atoms with Crippen LogP contribution in [0, 0.1) is 0 Å². The Kier molecular flexibility index (Phi) is 6.62. The second-order valence-corrected chi connectivity index (χ2v) is 9.10. The van der Waals surface area contributed by atoms with Crippen LogP contribution in [0.15, 0.2) is 23.1 Å². The molecule has 1 aromatic heterocycles. The van der Waals surface area contributed by atoms with Gasteiger partial charge in [-0.05, 0) is 30.9 Å². The summed E-state index contributed by atoms with van der Waals surface area (Å²) in [6, 6.07) is 3.30. The van der Waals surface area contributed by atoms with Crippen molar-refractivity contribution >= 4 is 23.7 Å². The van der Waals surface area contributed by atoms with Gasteiger partial charge >= 0.3 is 0 Å². The summed E-state index contributed by atoms with van der Waals surface area (Å²) in [5.74, 6) is -0.578. The van der Waals surface area contributed by atoms with Gasteiger partial charge in [-0.2, -0.15) is 0 Å². The fourth-order valence-electron chi connectivity index (χ4n) is 3.38. The van der Waals surface area contributed by atoms with E-state index in [-0.39, 0.29) is 28.8 Å². The zero-order valence-electron chi connectivity index (χ0n) is 18.8. The topological polar surface area (TPSA) is 102 Å². The lowest BCUT2D eigenvalue weighted by molar-refractivity contribution is 0.102. The van der Waals surface area contributed by atoms with E-state index >= 15 is 0 Å². The number of benzene rings is 1. The maximum absolute atomic E-state index is 13.0. The number of H-pyrrole nitrogens is 1. The summed E-state index contributed by atoms with van der Waals surface area (Å²) in [4.78, 5) is 28.7. The molecule has 162 valence electrons. The van der Waals surface area contributed by atoms with Crippen LogP contribution < -0.4 is 21.3 Å². The lowest BCUT2D eigenvalue weighted by Crippen LogP contribution is -2.44. The molecule has 0 atom stereocenters. The second-order valence-electron chi connectivity index (χ2n) is 9.10. The molecular weight excluding hydrogens is 380 g/mol. The molecule has 1 amide bonds. The Hall–Kier alpha value is -2.86. The molecule has 1 heterocycles. The second kappa shape index (κ2) is 8.48. The number of pyridine rings is 1. The van der Waals surface area contributed by atoms with Gasteiger partial charge in [-0.15, -0.1) is 0 Å². The van der Waals surface area contributed by atoms with Gasteiger partial charge in [0.2, 0.25) is 5.43 Å². The average Bonchev–Trinajstić information content (AvgIpc) is 2.66. The molecule has 0 aliphatic rings. The van der Waals surface area contributed by atoms with Crippen LogP contribution >= 0.6 is 0 Å². The molecule has 0 saturated heterocycles. The van der Waals surface area contributed by atoms with Crippen LogP contribution in [-0.2, 0) is 10.8 Å². The summed E-state index contributed by atoms with van der Waals surface area (Å²) >= 11 is 0. The van der Waals surface area contributed by atoms with Crippen molar-refractivity contribution in [3.05, 3.63) is 55.8 Å². The van der Waals surface area contributed by atoms with Gasteiger partial charge in [0.15, 0.2) is 0 Å². The molecule has 2 rings (SSSR count). The van der Waals surface area contributed by atoms with Crippen molar-refractivity contribution in [2.24, 2.45) is 0 Å². The Morgan fingerprint density at radius 3 is 2.23 bits per heavy atom. The number of anilines is 1. The first kappa shape index (κ1) is 23.4. The zero-order valence-corrected chi connectivity index (χ0v) is 18.8. The van der Waals surface area contributed by atoms with Gasteiger partial charge in [0.05, 0.1) is 6.61 Å². The van der Waals surface area contributed by atoms with Gasteiger partial charge in [-0.1, -0.05) is 46.8 Å². The number of rotatable bonds is 4. The summed E-state index contributed by atoms with van der Waals surface area (Å²) < 4.78 is 0. The molecule has 1 aromatic carbocycles. The number of aromatic hydroxyl groups is 1. The van der Waals surface area contributed by atoms with Crippen molar-refractivity contribution < 1.29 is 15.0 Å². The maximum atomic E-state index is 13.0. The minimum absolute atomic E-state index is 0.00665. The van der Waals surface area contributed by atoms with Crippen LogP contribution in [0.4, 0.5) is 5.69 Å². The lowest BCUT2D eigenvalue weighted by Gasteiger charge is -2.29. The highest BCUT2D eigenvalue weighted by molar-refractivity contribution is 6.04. The normalized spacial score (nSPS) is 13.6. The number of aliphatic hydroxyl groups is 1. The summed E-state index contributed by atoms with van der Waals surface area (Å²) in [6.07, 6.45) is 4.85. The third-order valence-corrected chi connectivity index (χ3v) is 5.29. The van der Waals surface area contributed by atoms with Crippen molar-refractivity contribution in [1.82, 2.24) is 4.98 Å². The number of nitrogens with one attached hydrogen (secondary N) is 2. The van der Waals surface area contributed by atoms with E-state index in [0.717, 1.165) is 5.56 Å². The van der Waals surface area contributed by atoms with E-state index in [9.17, 15) is 19.8 Å². The lowest BCUT2D eigenvalue weighted by atomic mass is 9.78. The Morgan fingerprint density at radius 2 is 1.73 bits per heavy atom. The van der Waals surface area contributed by atoms with Crippen molar-refractivity contribution in [1.29, 1.82) is 0 Å². The first-order valence-electron chi connectivity index (χ1n) is 10.0. The van der Waals surface area contributed by atoms with Crippen LogP contribution in [-0.4, -0.2) is 27.7 Å². The van der Waals surface area contributed by atoms with Gasteiger partial charge < -0.3 is 20.5 Å². The molecule has 6 heteroatoms. The van der Waals surface area contributed by atoms with E-state index in [1.54, 1.807) is 19.1 Å². The fraction of sp³-hybridized carbons (Fsp3) is 0.417. The van der Waals surface area contributed by atoms with Crippen molar-refractivity contribution in [2.75, 3.05) is 11.9 Å². The van der Waals surface area contributed by atoms with Crippen molar-refractivity contribution in [2.45, 2.75) is 59.3 Å². The van der Waals surface area contributed by atoms with E-state index in [2.05, 4.69) is 10.3 Å². The number of amides is 1. The summed E-state index contributed by atoms with van der Waals surface area (Å²) in [5, 5.41) is 24.2. The molecule has 0 spiro atoms. The number of carbonyl (C=O) groups is 1. The first-order chi connectivity index (χ1) is 13.9. The quantitative estimate of drug-likeness (QED) is 0.620. The number of phenols is 1. The number of hydrogen-bond donors (Lipinski definition) is 4.